The van der Waals surface area contributed by atoms with Crippen molar-refractivity contribution in [2.75, 3.05) is 0 Å². The SMILES string of the molecule is O=C1NC(=O)/C(=C/c2cccc(-c3ccc(Cl)c(Cl)c3)c2)S1. The van der Waals surface area contributed by atoms with E-state index in [2.05, 4.69) is 5.32 Å². The number of nitrogens with one attached hydrogen (secondary N) is 1. The fourth-order valence-corrected chi connectivity index (χ4v) is 3.04. The minimum Gasteiger partial charge on any atom is -0.282 e. The van der Waals surface area contributed by atoms with E-state index in [4.69, 9.17) is 23.2 Å². The van der Waals surface area contributed by atoms with Crippen LogP contribution < -0.4 is 5.32 Å². The van der Waals surface area contributed by atoms with Gasteiger partial charge in [0.15, 0.2) is 0 Å². The third-order valence-electron chi connectivity index (χ3n) is 3.08. The molecule has 0 unspecified atom stereocenters. The summed E-state index contributed by atoms with van der Waals surface area (Å²) in [6.45, 7) is 0. The van der Waals surface area contributed by atoms with Crippen LogP contribution in [-0.4, -0.2) is 11.1 Å². The van der Waals surface area contributed by atoms with Gasteiger partial charge in [-0.3, -0.25) is 14.9 Å². The summed E-state index contributed by atoms with van der Waals surface area (Å²) < 4.78 is 0. The summed E-state index contributed by atoms with van der Waals surface area (Å²) in [5.74, 6) is -0.366. The van der Waals surface area contributed by atoms with Crippen LogP contribution in [0.1, 0.15) is 5.56 Å². The maximum atomic E-state index is 11.6. The normalized spacial score (nSPS) is 16.2. The van der Waals surface area contributed by atoms with Crippen molar-refractivity contribution in [1.29, 1.82) is 0 Å². The van der Waals surface area contributed by atoms with Gasteiger partial charge in [0.2, 0.25) is 0 Å². The van der Waals surface area contributed by atoms with E-state index in [0.717, 1.165) is 28.5 Å². The molecule has 0 bridgehead atoms. The molecule has 0 saturated carbocycles. The van der Waals surface area contributed by atoms with Crippen molar-refractivity contribution in [1.82, 2.24) is 5.32 Å². The van der Waals surface area contributed by atoms with Gasteiger partial charge in [-0.2, -0.15) is 0 Å². The van der Waals surface area contributed by atoms with Crippen molar-refractivity contribution in [3.8, 4) is 11.1 Å². The molecule has 1 saturated heterocycles. The average molecular weight is 350 g/mol. The number of benzene rings is 2. The van der Waals surface area contributed by atoms with E-state index in [1.54, 1.807) is 18.2 Å². The molecule has 22 heavy (non-hydrogen) atoms. The third-order valence-corrected chi connectivity index (χ3v) is 4.63. The summed E-state index contributed by atoms with van der Waals surface area (Å²) >= 11 is 12.9. The van der Waals surface area contributed by atoms with Gasteiger partial charge in [-0.15, -0.1) is 0 Å². The van der Waals surface area contributed by atoms with Gasteiger partial charge in [-0.05, 0) is 52.7 Å². The summed E-state index contributed by atoms with van der Waals surface area (Å²) in [5.41, 5.74) is 2.70. The average Bonchev–Trinajstić information content (AvgIpc) is 2.80. The lowest BCUT2D eigenvalue weighted by molar-refractivity contribution is -0.115. The Hall–Kier alpha value is -1.75. The predicted molar refractivity (Wildman–Crippen MR) is 91.0 cm³/mol. The van der Waals surface area contributed by atoms with Crippen molar-refractivity contribution in [3.05, 3.63) is 63.0 Å². The number of carbonyl (C=O) groups is 2. The second-order valence-corrected chi connectivity index (χ2v) is 6.44. The summed E-state index contributed by atoms with van der Waals surface area (Å²) in [6, 6.07) is 13.0. The quantitative estimate of drug-likeness (QED) is 0.777. The monoisotopic (exact) mass is 349 g/mol. The van der Waals surface area contributed by atoms with Crippen LogP contribution in [0.3, 0.4) is 0 Å². The smallest absolute Gasteiger partial charge is 0.282 e. The fraction of sp³-hybridized carbons (Fsp3) is 0. The third kappa shape index (κ3) is 3.19. The molecule has 2 aromatic rings. The Labute approximate surface area is 141 Å². The second-order valence-electron chi connectivity index (χ2n) is 4.61. The highest BCUT2D eigenvalue weighted by Gasteiger charge is 2.24. The predicted octanol–water partition coefficient (Wildman–Crippen LogP) is 4.98. The summed E-state index contributed by atoms with van der Waals surface area (Å²) in [5, 5.41) is 2.87. The number of hydrogen-bond donors (Lipinski definition) is 1. The van der Waals surface area contributed by atoms with E-state index in [0.29, 0.717) is 15.0 Å². The molecule has 2 amide bonds. The highest BCUT2D eigenvalue weighted by atomic mass is 35.5. The Morgan fingerprint density at radius 2 is 1.73 bits per heavy atom. The molecule has 2 aromatic carbocycles. The topological polar surface area (TPSA) is 46.2 Å². The van der Waals surface area contributed by atoms with Gasteiger partial charge in [-0.25, -0.2) is 0 Å². The fourth-order valence-electron chi connectivity index (χ4n) is 2.06. The molecule has 110 valence electrons. The first-order chi connectivity index (χ1) is 10.5. The van der Waals surface area contributed by atoms with Gasteiger partial charge in [0, 0.05) is 0 Å². The molecule has 0 radical (unpaired) electrons. The maximum Gasteiger partial charge on any atom is 0.290 e. The highest BCUT2D eigenvalue weighted by Crippen LogP contribution is 2.30. The number of rotatable bonds is 2. The maximum absolute atomic E-state index is 11.6. The van der Waals surface area contributed by atoms with E-state index in [-0.39, 0.29) is 11.1 Å². The van der Waals surface area contributed by atoms with Crippen LogP contribution >= 0.6 is 35.0 Å². The Bertz CT molecular complexity index is 818. The zero-order valence-electron chi connectivity index (χ0n) is 11.1. The first-order valence-electron chi connectivity index (χ1n) is 6.33. The number of carbonyl (C=O) groups excluding carboxylic acids is 2. The molecule has 1 heterocycles. The van der Waals surface area contributed by atoms with Crippen LogP contribution in [0.15, 0.2) is 47.4 Å². The van der Waals surface area contributed by atoms with E-state index in [1.165, 1.54) is 0 Å². The Morgan fingerprint density at radius 1 is 0.955 bits per heavy atom. The van der Waals surface area contributed by atoms with E-state index >= 15 is 0 Å². The zero-order chi connectivity index (χ0) is 15.7. The number of halogens is 2. The Balaban J connectivity index is 1.96. The Morgan fingerprint density at radius 3 is 2.41 bits per heavy atom. The number of amides is 2. The van der Waals surface area contributed by atoms with Crippen LogP contribution in [-0.2, 0) is 4.79 Å². The molecule has 1 aliphatic heterocycles. The molecule has 0 aromatic heterocycles. The molecule has 1 aliphatic rings. The van der Waals surface area contributed by atoms with E-state index in [9.17, 15) is 9.59 Å². The molecular formula is C16H9Cl2NO2S. The van der Waals surface area contributed by atoms with Gasteiger partial charge >= 0.3 is 0 Å². The molecule has 3 nitrogen and oxygen atoms in total. The van der Waals surface area contributed by atoms with Crippen LogP contribution in [0.2, 0.25) is 10.0 Å². The van der Waals surface area contributed by atoms with Gasteiger partial charge in [0.25, 0.3) is 11.1 Å². The first-order valence-corrected chi connectivity index (χ1v) is 7.90. The molecule has 1 N–H and O–H groups in total. The molecule has 6 heteroatoms. The lowest BCUT2D eigenvalue weighted by Crippen LogP contribution is -2.17. The Kier molecular flexibility index (Phi) is 4.25. The zero-order valence-corrected chi connectivity index (χ0v) is 13.4. The van der Waals surface area contributed by atoms with Crippen LogP contribution in [0, 0.1) is 0 Å². The van der Waals surface area contributed by atoms with E-state index in [1.807, 2.05) is 30.3 Å². The van der Waals surface area contributed by atoms with Crippen molar-refractivity contribution in [2.45, 2.75) is 0 Å². The number of hydrogen-bond acceptors (Lipinski definition) is 3. The molecule has 0 aliphatic carbocycles. The van der Waals surface area contributed by atoms with Gasteiger partial charge in [-0.1, -0.05) is 47.5 Å². The van der Waals surface area contributed by atoms with Crippen LogP contribution in [0.25, 0.3) is 17.2 Å². The summed E-state index contributed by atoms with van der Waals surface area (Å²) in [4.78, 5) is 23.1. The van der Waals surface area contributed by atoms with Gasteiger partial charge in [0.1, 0.15) is 0 Å². The van der Waals surface area contributed by atoms with Crippen molar-refractivity contribution < 1.29 is 9.59 Å². The minimum atomic E-state index is -0.366. The molecular weight excluding hydrogens is 341 g/mol. The molecule has 1 fully saturated rings. The molecule has 3 rings (SSSR count). The lowest BCUT2D eigenvalue weighted by atomic mass is 10.0. The minimum absolute atomic E-state index is 0.350. The number of imide groups is 1. The standard InChI is InChI=1S/C16H9Cl2NO2S/c17-12-5-4-11(8-13(12)18)10-3-1-2-9(6-10)7-14-15(20)19-16(21)22-14/h1-8H,(H,19,20,21)/b14-7-. The van der Waals surface area contributed by atoms with Crippen molar-refractivity contribution >= 4 is 52.2 Å². The van der Waals surface area contributed by atoms with Crippen LogP contribution in [0.4, 0.5) is 4.79 Å². The highest BCUT2D eigenvalue weighted by molar-refractivity contribution is 8.18. The van der Waals surface area contributed by atoms with Crippen molar-refractivity contribution in [2.24, 2.45) is 0 Å². The largest absolute Gasteiger partial charge is 0.290 e. The van der Waals surface area contributed by atoms with Crippen molar-refractivity contribution in [3.63, 3.8) is 0 Å². The first kappa shape index (κ1) is 15.2. The lowest BCUT2D eigenvalue weighted by Gasteiger charge is -2.05. The molecule has 0 atom stereocenters. The summed E-state index contributed by atoms with van der Waals surface area (Å²) in [6.07, 6.45) is 1.69. The summed E-state index contributed by atoms with van der Waals surface area (Å²) in [7, 11) is 0. The number of thioether (sulfide) groups is 1. The van der Waals surface area contributed by atoms with Gasteiger partial charge < -0.3 is 0 Å². The van der Waals surface area contributed by atoms with Gasteiger partial charge in [0.05, 0.1) is 15.0 Å². The van der Waals surface area contributed by atoms with E-state index < -0.39 is 0 Å². The second kappa shape index (κ2) is 6.16. The van der Waals surface area contributed by atoms with Crippen LogP contribution in [0.5, 0.6) is 0 Å². The molecule has 0 spiro atoms.